The number of hydrogen-bond donors (Lipinski definition) is 1. The van der Waals surface area contributed by atoms with Crippen LogP contribution in [0.25, 0.3) is 0 Å². The van der Waals surface area contributed by atoms with Gasteiger partial charge in [0.2, 0.25) is 5.91 Å². The first-order chi connectivity index (χ1) is 9.20. The van der Waals surface area contributed by atoms with Crippen molar-refractivity contribution in [2.45, 2.75) is 13.3 Å². The summed E-state index contributed by atoms with van der Waals surface area (Å²) in [4.78, 5) is 24.4. The fraction of sp³-hybridized carbons (Fsp3) is 0.385. The fourth-order valence-corrected chi connectivity index (χ4v) is 2.47. The zero-order valence-electron chi connectivity index (χ0n) is 10.7. The van der Waals surface area contributed by atoms with Crippen LogP contribution in [0.5, 0.6) is 5.75 Å². The second kappa shape index (κ2) is 6.47. The molecule has 102 valence electrons. The highest BCUT2D eigenvalue weighted by atomic mass is 32.2. The molecule has 1 saturated heterocycles. The number of amides is 2. The van der Waals surface area contributed by atoms with Crippen LogP contribution in [0.15, 0.2) is 24.3 Å². The van der Waals surface area contributed by atoms with Crippen molar-refractivity contribution in [2.75, 3.05) is 24.3 Å². The second-order valence-electron chi connectivity index (χ2n) is 3.98. The number of rotatable bonds is 5. The molecule has 1 aromatic carbocycles. The summed E-state index contributed by atoms with van der Waals surface area (Å²) in [6.07, 6.45) is 0.418. The zero-order chi connectivity index (χ0) is 13.7. The van der Waals surface area contributed by atoms with E-state index in [1.807, 2.05) is 31.2 Å². The van der Waals surface area contributed by atoms with Gasteiger partial charge in [-0.2, -0.15) is 0 Å². The molecule has 19 heavy (non-hydrogen) atoms. The number of carbonyl (C=O) groups excluding carboxylic acids is 2. The quantitative estimate of drug-likeness (QED) is 0.898. The Morgan fingerprint density at radius 2 is 2.05 bits per heavy atom. The molecule has 0 bridgehead atoms. The Kier molecular flexibility index (Phi) is 4.68. The Morgan fingerprint density at radius 3 is 2.68 bits per heavy atom. The van der Waals surface area contributed by atoms with E-state index >= 15 is 0 Å². The number of nitrogens with one attached hydrogen (secondary N) is 1. The highest BCUT2D eigenvalue weighted by molar-refractivity contribution is 8.13. The van der Waals surface area contributed by atoms with Crippen molar-refractivity contribution in [3.63, 3.8) is 0 Å². The van der Waals surface area contributed by atoms with Gasteiger partial charge in [-0.3, -0.25) is 14.5 Å². The van der Waals surface area contributed by atoms with Gasteiger partial charge < -0.3 is 10.1 Å². The Labute approximate surface area is 116 Å². The van der Waals surface area contributed by atoms with E-state index in [2.05, 4.69) is 5.32 Å². The molecule has 0 atom stereocenters. The smallest absolute Gasteiger partial charge is 0.289 e. The summed E-state index contributed by atoms with van der Waals surface area (Å²) in [6, 6.07) is 7.41. The summed E-state index contributed by atoms with van der Waals surface area (Å²) in [5.74, 6) is 1.26. The van der Waals surface area contributed by atoms with Gasteiger partial charge in [0.15, 0.2) is 0 Å². The Bertz CT molecular complexity index is 445. The van der Waals surface area contributed by atoms with Crippen LogP contribution in [0.4, 0.5) is 10.5 Å². The lowest BCUT2D eigenvalue weighted by atomic mass is 10.3. The first-order valence-electron chi connectivity index (χ1n) is 6.14. The van der Waals surface area contributed by atoms with E-state index in [0.29, 0.717) is 18.8 Å². The predicted molar refractivity (Wildman–Crippen MR) is 75.4 cm³/mol. The minimum Gasteiger partial charge on any atom is -0.494 e. The number of carbonyl (C=O) groups is 2. The first-order valence-corrected chi connectivity index (χ1v) is 7.13. The summed E-state index contributed by atoms with van der Waals surface area (Å²) < 4.78 is 5.34. The molecule has 1 aliphatic rings. The van der Waals surface area contributed by atoms with E-state index in [4.69, 9.17) is 4.74 Å². The average molecular weight is 280 g/mol. The highest BCUT2D eigenvalue weighted by Crippen LogP contribution is 2.19. The maximum Gasteiger partial charge on any atom is 0.289 e. The number of thioether (sulfide) groups is 1. The highest BCUT2D eigenvalue weighted by Gasteiger charge is 2.26. The lowest BCUT2D eigenvalue weighted by molar-refractivity contribution is -0.127. The number of hydrogen-bond acceptors (Lipinski definition) is 5. The summed E-state index contributed by atoms with van der Waals surface area (Å²) in [5.41, 5.74) is 0.847. The molecular weight excluding hydrogens is 264 g/mol. The van der Waals surface area contributed by atoms with Crippen LogP contribution in [0.3, 0.4) is 0 Å². The largest absolute Gasteiger partial charge is 0.494 e. The summed E-state index contributed by atoms with van der Waals surface area (Å²) in [7, 11) is 0. The van der Waals surface area contributed by atoms with Gasteiger partial charge in [0.25, 0.3) is 5.24 Å². The molecule has 1 heterocycles. The van der Waals surface area contributed by atoms with Gasteiger partial charge in [0.1, 0.15) is 5.75 Å². The van der Waals surface area contributed by atoms with Crippen molar-refractivity contribution < 1.29 is 14.3 Å². The lowest BCUT2D eigenvalue weighted by Crippen LogP contribution is -2.41. The van der Waals surface area contributed by atoms with Crippen molar-refractivity contribution in [1.82, 2.24) is 4.90 Å². The van der Waals surface area contributed by atoms with Crippen LogP contribution < -0.4 is 10.1 Å². The van der Waals surface area contributed by atoms with E-state index in [1.165, 1.54) is 16.7 Å². The predicted octanol–water partition coefficient (Wildman–Crippen LogP) is 2.54. The molecule has 1 aromatic rings. The van der Waals surface area contributed by atoms with E-state index in [0.717, 1.165) is 11.4 Å². The van der Waals surface area contributed by atoms with E-state index in [9.17, 15) is 9.59 Å². The topological polar surface area (TPSA) is 58.6 Å². The molecule has 0 radical (unpaired) electrons. The van der Waals surface area contributed by atoms with Gasteiger partial charge in [-0.25, -0.2) is 0 Å². The number of anilines is 1. The van der Waals surface area contributed by atoms with E-state index < -0.39 is 0 Å². The van der Waals surface area contributed by atoms with Crippen molar-refractivity contribution in [1.29, 1.82) is 0 Å². The normalized spacial score (nSPS) is 15.5. The third-order valence-corrected chi connectivity index (χ3v) is 3.55. The van der Waals surface area contributed by atoms with Crippen LogP contribution in [0.1, 0.15) is 13.3 Å². The van der Waals surface area contributed by atoms with E-state index in [-0.39, 0.29) is 17.8 Å². The van der Waals surface area contributed by atoms with Gasteiger partial charge in [0, 0.05) is 17.9 Å². The lowest BCUT2D eigenvalue weighted by Gasteiger charge is -2.24. The molecule has 5 nitrogen and oxygen atoms in total. The molecule has 6 heteroatoms. The minimum absolute atomic E-state index is 0.123. The third kappa shape index (κ3) is 3.64. The maximum absolute atomic E-state index is 11.6. The summed E-state index contributed by atoms with van der Waals surface area (Å²) in [6.45, 7) is 2.76. The van der Waals surface area contributed by atoms with Crippen molar-refractivity contribution in [3.05, 3.63) is 24.3 Å². The number of nitrogens with zero attached hydrogens (tertiary/aromatic N) is 1. The minimum atomic E-state index is -0.185. The van der Waals surface area contributed by atoms with E-state index in [1.54, 1.807) is 0 Å². The van der Waals surface area contributed by atoms with Crippen molar-refractivity contribution in [2.24, 2.45) is 0 Å². The monoisotopic (exact) mass is 280 g/mol. The molecule has 1 fully saturated rings. The Morgan fingerprint density at radius 1 is 1.32 bits per heavy atom. The fourth-order valence-electron chi connectivity index (χ4n) is 1.70. The molecule has 0 aliphatic carbocycles. The number of ether oxygens (including phenoxy) is 1. The number of benzene rings is 1. The van der Waals surface area contributed by atoms with Gasteiger partial charge in [-0.15, -0.1) is 0 Å². The average Bonchev–Trinajstić information content (AvgIpc) is 2.40. The van der Waals surface area contributed by atoms with Gasteiger partial charge in [-0.05, 0) is 31.2 Å². The maximum atomic E-state index is 11.6. The zero-order valence-corrected chi connectivity index (χ0v) is 11.5. The van der Waals surface area contributed by atoms with Crippen LogP contribution >= 0.6 is 11.8 Å². The Hall–Kier alpha value is -1.69. The SMILES string of the molecule is CCOc1ccc(NCN2C(=O)CCSC2=O)cc1. The molecule has 1 N–H and O–H groups in total. The molecule has 2 rings (SSSR count). The van der Waals surface area contributed by atoms with Crippen molar-refractivity contribution >= 4 is 28.6 Å². The van der Waals surface area contributed by atoms with Gasteiger partial charge >= 0.3 is 0 Å². The molecule has 0 aromatic heterocycles. The summed E-state index contributed by atoms with van der Waals surface area (Å²) >= 11 is 1.18. The second-order valence-corrected chi connectivity index (χ2v) is 5.02. The molecule has 0 spiro atoms. The molecule has 0 unspecified atom stereocenters. The van der Waals surface area contributed by atoms with Crippen LogP contribution in [-0.4, -0.2) is 35.1 Å². The van der Waals surface area contributed by atoms with Crippen LogP contribution in [0, 0.1) is 0 Å². The summed E-state index contributed by atoms with van der Waals surface area (Å²) in [5, 5.41) is 2.87. The Balaban J connectivity index is 1.90. The standard InChI is InChI=1S/C13H16N2O3S/c1-2-18-11-5-3-10(4-6-11)14-9-15-12(16)7-8-19-13(15)17/h3-6,14H,2,7-9H2,1H3. The molecule has 0 saturated carbocycles. The first kappa shape index (κ1) is 13.7. The van der Waals surface area contributed by atoms with Crippen LogP contribution in [0.2, 0.25) is 0 Å². The number of imide groups is 1. The van der Waals surface area contributed by atoms with Crippen molar-refractivity contribution in [3.8, 4) is 5.75 Å². The molecular formula is C13H16N2O3S. The third-order valence-electron chi connectivity index (χ3n) is 2.67. The molecule has 2 amide bonds. The van der Waals surface area contributed by atoms with Gasteiger partial charge in [0.05, 0.1) is 13.3 Å². The van der Waals surface area contributed by atoms with Gasteiger partial charge in [-0.1, -0.05) is 11.8 Å². The van der Waals surface area contributed by atoms with Crippen LogP contribution in [-0.2, 0) is 4.79 Å². The molecule has 1 aliphatic heterocycles.